The first kappa shape index (κ1) is 31.7. The highest BCUT2D eigenvalue weighted by molar-refractivity contribution is 5.79. The predicted molar refractivity (Wildman–Crippen MR) is 154 cm³/mol. The van der Waals surface area contributed by atoms with Crippen LogP contribution in [0.2, 0.25) is 0 Å². The minimum atomic E-state index is 0. The molecule has 38 heavy (non-hydrogen) atoms. The van der Waals surface area contributed by atoms with E-state index in [-0.39, 0.29) is 28.0 Å². The molecule has 0 amide bonds. The van der Waals surface area contributed by atoms with Crippen molar-refractivity contribution in [3.63, 3.8) is 0 Å². The smallest absolute Gasteiger partial charge is 0.189 e. The van der Waals surface area contributed by atoms with E-state index in [0.29, 0.717) is 13.4 Å². The van der Waals surface area contributed by atoms with Crippen LogP contribution in [0.3, 0.4) is 0 Å². The molecular formula is C31H38O7. The van der Waals surface area contributed by atoms with Crippen molar-refractivity contribution in [3.05, 3.63) is 91.6 Å². The number of hydrogen-bond donors (Lipinski definition) is 1. The van der Waals surface area contributed by atoms with Crippen LogP contribution in [0.4, 0.5) is 0 Å². The number of benzene rings is 3. The van der Waals surface area contributed by atoms with E-state index in [2.05, 4.69) is 0 Å². The SMILES string of the molecule is C.C.C.CCOCOc1ccc2occc2c1.COc1ccc2occc2c1.Oc1ccc2occc2c1. The normalized spacial score (nSPS) is 9.63. The monoisotopic (exact) mass is 522 g/mol. The summed E-state index contributed by atoms with van der Waals surface area (Å²) in [5.74, 6) is 1.93. The van der Waals surface area contributed by atoms with Crippen molar-refractivity contribution in [2.75, 3.05) is 20.5 Å². The Balaban J connectivity index is 0.000000278. The summed E-state index contributed by atoms with van der Waals surface area (Å²) in [6.45, 7) is 2.89. The second kappa shape index (κ2) is 15.7. The summed E-state index contributed by atoms with van der Waals surface area (Å²) in [7, 11) is 1.65. The van der Waals surface area contributed by atoms with E-state index in [4.69, 9.17) is 32.6 Å². The first-order valence-electron chi connectivity index (χ1n) is 11.0. The summed E-state index contributed by atoms with van der Waals surface area (Å²) < 4.78 is 30.9. The fourth-order valence-electron chi connectivity index (χ4n) is 3.25. The largest absolute Gasteiger partial charge is 0.508 e. The third-order valence-electron chi connectivity index (χ3n) is 5.03. The van der Waals surface area contributed by atoms with Crippen LogP contribution in [0, 0.1) is 0 Å². The molecule has 204 valence electrons. The Morgan fingerprint density at radius 3 is 1.63 bits per heavy atom. The van der Waals surface area contributed by atoms with Crippen LogP contribution in [0.25, 0.3) is 32.9 Å². The lowest BCUT2D eigenvalue weighted by Gasteiger charge is -2.04. The molecule has 0 spiro atoms. The zero-order valence-corrected chi connectivity index (χ0v) is 19.5. The molecule has 0 bridgehead atoms. The number of fused-ring (bicyclic) bond motifs is 3. The topological polar surface area (TPSA) is 87.3 Å². The van der Waals surface area contributed by atoms with Crippen LogP contribution in [0.1, 0.15) is 29.2 Å². The Morgan fingerprint density at radius 2 is 1.11 bits per heavy atom. The van der Waals surface area contributed by atoms with Gasteiger partial charge in [-0.1, -0.05) is 22.3 Å². The van der Waals surface area contributed by atoms with Gasteiger partial charge in [0.2, 0.25) is 0 Å². The molecule has 7 heteroatoms. The summed E-state index contributed by atoms with van der Waals surface area (Å²) in [6, 6.07) is 22.0. The average molecular weight is 523 g/mol. The van der Waals surface area contributed by atoms with Crippen molar-refractivity contribution in [2.24, 2.45) is 0 Å². The summed E-state index contributed by atoms with van der Waals surface area (Å²) in [5, 5.41) is 12.1. The first-order chi connectivity index (χ1) is 17.2. The quantitative estimate of drug-likeness (QED) is 0.178. The molecule has 0 radical (unpaired) electrons. The average Bonchev–Trinajstić information content (AvgIpc) is 3.64. The van der Waals surface area contributed by atoms with Crippen LogP contribution in [0.15, 0.2) is 105 Å². The maximum absolute atomic E-state index is 9.01. The number of furan rings is 3. The van der Waals surface area contributed by atoms with Crippen LogP contribution in [0.5, 0.6) is 17.2 Å². The van der Waals surface area contributed by atoms with Gasteiger partial charge in [0, 0.05) is 22.8 Å². The molecule has 7 nitrogen and oxygen atoms in total. The Bertz CT molecular complexity index is 1480. The molecule has 3 aromatic carbocycles. The lowest BCUT2D eigenvalue weighted by molar-refractivity contribution is 0.0225. The maximum Gasteiger partial charge on any atom is 0.189 e. The number of methoxy groups -OCH3 is 1. The van der Waals surface area contributed by atoms with Crippen LogP contribution < -0.4 is 9.47 Å². The van der Waals surface area contributed by atoms with Crippen molar-refractivity contribution >= 4 is 32.9 Å². The Kier molecular flexibility index (Phi) is 13.1. The summed E-state index contributed by atoms with van der Waals surface area (Å²) in [5.41, 5.74) is 2.57. The van der Waals surface area contributed by atoms with Gasteiger partial charge in [0.25, 0.3) is 0 Å². The molecule has 1 N–H and O–H groups in total. The van der Waals surface area contributed by atoms with Gasteiger partial charge in [-0.05, 0) is 79.7 Å². The van der Waals surface area contributed by atoms with Gasteiger partial charge in [-0.15, -0.1) is 0 Å². The summed E-state index contributed by atoms with van der Waals surface area (Å²) >= 11 is 0. The molecule has 0 aliphatic carbocycles. The fourth-order valence-corrected chi connectivity index (χ4v) is 3.25. The summed E-state index contributed by atoms with van der Waals surface area (Å²) in [6.07, 6.45) is 4.94. The zero-order chi connectivity index (χ0) is 24.5. The highest BCUT2D eigenvalue weighted by atomic mass is 16.7. The molecule has 3 heterocycles. The number of aromatic hydroxyl groups is 1. The standard InChI is InChI=1S/C11H12O3.C9H8O2.C8H6O2.3CH4/c1-2-12-8-14-10-3-4-11-9(7-10)5-6-13-11;1-10-8-2-3-9-7(6-8)4-5-11-9;9-7-1-2-8-6(5-7)3-4-10-8;;;/h3-7H,2,8H2,1H3;2-6H,1H3;1-5,9H;3*1H4. The second-order valence-corrected chi connectivity index (χ2v) is 7.34. The van der Waals surface area contributed by atoms with E-state index in [1.54, 1.807) is 44.1 Å². The second-order valence-electron chi connectivity index (χ2n) is 7.34. The van der Waals surface area contributed by atoms with E-state index in [9.17, 15) is 0 Å². The molecule has 0 saturated heterocycles. The highest BCUT2D eigenvalue weighted by Gasteiger charge is 1.99. The molecule has 6 aromatic rings. The zero-order valence-electron chi connectivity index (χ0n) is 19.5. The maximum atomic E-state index is 9.01. The van der Waals surface area contributed by atoms with Gasteiger partial charge in [-0.25, -0.2) is 0 Å². The van der Waals surface area contributed by atoms with Crippen molar-refractivity contribution in [2.45, 2.75) is 29.2 Å². The van der Waals surface area contributed by atoms with Crippen molar-refractivity contribution in [1.82, 2.24) is 0 Å². The van der Waals surface area contributed by atoms with E-state index in [1.807, 2.05) is 61.5 Å². The van der Waals surface area contributed by atoms with Gasteiger partial charge in [0.15, 0.2) is 6.79 Å². The van der Waals surface area contributed by atoms with Crippen molar-refractivity contribution < 1.29 is 32.6 Å². The fraction of sp³-hybridized carbons (Fsp3) is 0.226. The molecule has 3 aromatic heterocycles. The Morgan fingerprint density at radius 1 is 0.632 bits per heavy atom. The molecule has 0 aliphatic rings. The summed E-state index contributed by atoms with van der Waals surface area (Å²) in [4.78, 5) is 0. The Hall–Kier alpha value is -4.36. The number of phenolic OH excluding ortho intramolecular Hbond substituents is 1. The minimum Gasteiger partial charge on any atom is -0.508 e. The van der Waals surface area contributed by atoms with Gasteiger partial charge in [0.05, 0.1) is 25.9 Å². The van der Waals surface area contributed by atoms with Gasteiger partial charge >= 0.3 is 0 Å². The highest BCUT2D eigenvalue weighted by Crippen LogP contribution is 2.22. The van der Waals surface area contributed by atoms with Gasteiger partial charge < -0.3 is 32.6 Å². The van der Waals surface area contributed by atoms with Crippen LogP contribution in [-0.4, -0.2) is 25.6 Å². The number of phenols is 1. The van der Waals surface area contributed by atoms with Crippen LogP contribution in [-0.2, 0) is 4.74 Å². The lowest BCUT2D eigenvalue weighted by Crippen LogP contribution is -2.01. The number of rotatable bonds is 5. The van der Waals surface area contributed by atoms with Gasteiger partial charge in [0.1, 0.15) is 34.0 Å². The van der Waals surface area contributed by atoms with E-state index < -0.39 is 0 Å². The molecule has 0 aliphatic heterocycles. The minimum absolute atomic E-state index is 0. The van der Waals surface area contributed by atoms with Crippen molar-refractivity contribution in [1.29, 1.82) is 0 Å². The third-order valence-corrected chi connectivity index (χ3v) is 5.03. The number of hydrogen-bond acceptors (Lipinski definition) is 7. The van der Waals surface area contributed by atoms with E-state index in [1.165, 1.54) is 0 Å². The third kappa shape index (κ3) is 8.35. The van der Waals surface area contributed by atoms with Gasteiger partial charge in [-0.3, -0.25) is 0 Å². The molecular weight excluding hydrogens is 484 g/mol. The van der Waals surface area contributed by atoms with Gasteiger partial charge in [-0.2, -0.15) is 0 Å². The van der Waals surface area contributed by atoms with E-state index in [0.717, 1.165) is 44.4 Å². The first-order valence-corrected chi connectivity index (χ1v) is 11.0. The molecule has 0 atom stereocenters. The van der Waals surface area contributed by atoms with Crippen LogP contribution >= 0.6 is 0 Å². The number of ether oxygens (including phenoxy) is 3. The molecule has 0 unspecified atom stereocenters. The van der Waals surface area contributed by atoms with E-state index >= 15 is 0 Å². The molecule has 0 fully saturated rings. The van der Waals surface area contributed by atoms with Crippen molar-refractivity contribution in [3.8, 4) is 17.2 Å². The lowest BCUT2D eigenvalue weighted by atomic mass is 10.2. The Labute approximate surface area is 224 Å². The predicted octanol–water partition coefficient (Wildman–Crippen LogP) is 9.29. The molecule has 0 saturated carbocycles. The molecule has 6 rings (SSSR count).